The average molecular weight is 453 g/mol. The summed E-state index contributed by atoms with van der Waals surface area (Å²) >= 11 is 5.94. The Bertz CT molecular complexity index is 949. The van der Waals surface area contributed by atoms with Gasteiger partial charge in [-0.15, -0.1) is 0 Å². The second-order valence-electron chi connectivity index (χ2n) is 7.05. The van der Waals surface area contributed by atoms with Crippen LogP contribution in [0.5, 0.6) is 0 Å². The van der Waals surface area contributed by atoms with Gasteiger partial charge in [0, 0.05) is 43.4 Å². The number of hydroxylamine groups is 1. The van der Waals surface area contributed by atoms with Gasteiger partial charge in [0.15, 0.2) is 0 Å². The first kappa shape index (κ1) is 22.5. The van der Waals surface area contributed by atoms with Crippen LogP contribution in [0.2, 0.25) is 5.02 Å². The zero-order chi connectivity index (χ0) is 21.7. The fraction of sp³-hybridized carbons (Fsp3) is 0.350. The van der Waals surface area contributed by atoms with Gasteiger partial charge in [0.25, 0.3) is 16.1 Å². The van der Waals surface area contributed by atoms with Crippen molar-refractivity contribution in [3.63, 3.8) is 0 Å². The van der Waals surface area contributed by atoms with Gasteiger partial charge >= 0.3 is 0 Å². The van der Waals surface area contributed by atoms with Crippen molar-refractivity contribution in [1.82, 2.24) is 14.1 Å². The van der Waals surface area contributed by atoms with Gasteiger partial charge in [-0.05, 0) is 36.8 Å². The van der Waals surface area contributed by atoms with Crippen molar-refractivity contribution in [1.29, 1.82) is 0 Å². The summed E-state index contributed by atoms with van der Waals surface area (Å²) in [6.45, 7) is 3.07. The summed E-state index contributed by atoms with van der Waals surface area (Å²) in [5.41, 5.74) is 3.28. The van der Waals surface area contributed by atoms with Crippen LogP contribution < -0.4 is 10.4 Å². The highest BCUT2D eigenvalue weighted by molar-refractivity contribution is 7.86. The van der Waals surface area contributed by atoms with Crippen LogP contribution in [0.3, 0.4) is 0 Å². The van der Waals surface area contributed by atoms with E-state index >= 15 is 0 Å². The molecule has 3 rings (SSSR count). The van der Waals surface area contributed by atoms with Crippen LogP contribution in [-0.4, -0.2) is 60.4 Å². The number of nitrogens with one attached hydrogen (secondary N) is 1. The van der Waals surface area contributed by atoms with Gasteiger partial charge in [0.05, 0.1) is 0 Å². The maximum atomic E-state index is 13.4. The highest BCUT2D eigenvalue weighted by atomic mass is 35.5. The van der Waals surface area contributed by atoms with Crippen LogP contribution in [0.1, 0.15) is 12.5 Å². The first-order valence-electron chi connectivity index (χ1n) is 9.58. The maximum absolute atomic E-state index is 13.4. The van der Waals surface area contributed by atoms with Crippen molar-refractivity contribution in [3.05, 3.63) is 65.2 Å². The minimum Gasteiger partial charge on any atom is -0.369 e. The highest BCUT2D eigenvalue weighted by Gasteiger charge is 2.37. The van der Waals surface area contributed by atoms with Gasteiger partial charge in [-0.1, -0.05) is 41.9 Å². The molecule has 1 aliphatic heterocycles. The van der Waals surface area contributed by atoms with Crippen molar-refractivity contribution in [2.45, 2.75) is 19.5 Å². The summed E-state index contributed by atoms with van der Waals surface area (Å²) in [6.07, 6.45) is 0. The molecule has 2 aromatic carbocycles. The molecule has 0 radical (unpaired) electrons. The normalized spacial score (nSPS) is 16.5. The lowest BCUT2D eigenvalue weighted by Crippen LogP contribution is -2.56. The van der Waals surface area contributed by atoms with Crippen molar-refractivity contribution in [3.8, 4) is 0 Å². The topological polar surface area (TPSA) is 93.2 Å². The van der Waals surface area contributed by atoms with E-state index in [1.807, 2.05) is 30.3 Å². The molecule has 0 aliphatic carbocycles. The van der Waals surface area contributed by atoms with Gasteiger partial charge < -0.3 is 4.90 Å². The number of nitrogens with zero attached hydrogens (tertiary/aromatic N) is 3. The molecule has 0 saturated carbocycles. The molecule has 1 unspecified atom stereocenters. The van der Waals surface area contributed by atoms with E-state index in [2.05, 4.69) is 4.90 Å². The van der Waals surface area contributed by atoms with E-state index in [1.165, 1.54) is 11.2 Å². The molecule has 2 aromatic rings. The van der Waals surface area contributed by atoms with Crippen LogP contribution in [0.15, 0.2) is 54.6 Å². The molecule has 1 amide bonds. The van der Waals surface area contributed by atoms with Gasteiger partial charge in [-0.25, -0.2) is 5.48 Å². The van der Waals surface area contributed by atoms with Crippen molar-refractivity contribution < 1.29 is 18.4 Å². The minimum atomic E-state index is -3.94. The van der Waals surface area contributed by atoms with Gasteiger partial charge in [0.2, 0.25) is 0 Å². The summed E-state index contributed by atoms with van der Waals surface area (Å²) in [6, 6.07) is 15.4. The van der Waals surface area contributed by atoms with E-state index < -0.39 is 22.2 Å². The average Bonchev–Trinajstić information content (AvgIpc) is 2.77. The second kappa shape index (κ2) is 9.76. The van der Waals surface area contributed by atoms with Crippen molar-refractivity contribution >= 4 is 33.4 Å². The Labute approximate surface area is 181 Å². The standard InChI is InChI=1S/C20H25ClN4O4S/c1-16(20(26)22-27)25(15-17-5-3-2-4-6-17)30(28,29)24-13-11-23(12-14-24)19-9-7-18(21)8-10-19/h2-10,16,27H,11-15H2,1H3,(H,22,26). The smallest absolute Gasteiger partial charge is 0.283 e. The molecule has 1 aliphatic rings. The zero-order valence-electron chi connectivity index (χ0n) is 16.6. The van der Waals surface area contributed by atoms with Crippen LogP contribution in [0, 0.1) is 0 Å². The number of halogens is 1. The van der Waals surface area contributed by atoms with Crippen molar-refractivity contribution in [2.24, 2.45) is 0 Å². The maximum Gasteiger partial charge on any atom is 0.283 e. The number of amides is 1. The van der Waals surface area contributed by atoms with Crippen LogP contribution >= 0.6 is 11.6 Å². The summed E-state index contributed by atoms with van der Waals surface area (Å²) in [7, 11) is -3.94. The predicted molar refractivity (Wildman–Crippen MR) is 116 cm³/mol. The number of carbonyl (C=O) groups is 1. The van der Waals surface area contributed by atoms with Crippen LogP contribution in [0.4, 0.5) is 5.69 Å². The molecular formula is C20H25ClN4O4S. The number of hydrogen-bond acceptors (Lipinski definition) is 5. The number of piperazine rings is 1. The lowest BCUT2D eigenvalue weighted by Gasteiger charge is -2.38. The fourth-order valence-corrected chi connectivity index (χ4v) is 5.24. The van der Waals surface area contributed by atoms with E-state index in [0.29, 0.717) is 18.1 Å². The molecule has 2 N–H and O–H groups in total. The molecule has 1 atom stereocenters. The number of carbonyl (C=O) groups excluding carboxylic acids is 1. The molecule has 1 saturated heterocycles. The first-order valence-corrected chi connectivity index (χ1v) is 11.4. The summed E-state index contributed by atoms with van der Waals surface area (Å²) in [5.74, 6) is -0.783. The number of rotatable bonds is 7. The van der Waals surface area contributed by atoms with E-state index in [0.717, 1.165) is 15.6 Å². The lowest BCUT2D eigenvalue weighted by atomic mass is 10.2. The van der Waals surface area contributed by atoms with Gasteiger partial charge in [0.1, 0.15) is 6.04 Å². The van der Waals surface area contributed by atoms with E-state index in [9.17, 15) is 13.2 Å². The molecule has 8 nitrogen and oxygen atoms in total. The minimum absolute atomic E-state index is 0.0230. The quantitative estimate of drug-likeness (QED) is 0.495. The first-order chi connectivity index (χ1) is 14.3. The third kappa shape index (κ3) is 5.11. The number of benzene rings is 2. The molecule has 0 spiro atoms. The zero-order valence-corrected chi connectivity index (χ0v) is 18.2. The number of hydrogen-bond donors (Lipinski definition) is 2. The van der Waals surface area contributed by atoms with E-state index in [4.69, 9.17) is 16.8 Å². The summed E-state index contributed by atoms with van der Waals surface area (Å²) in [4.78, 5) is 14.1. The van der Waals surface area contributed by atoms with Gasteiger partial charge in [-0.3, -0.25) is 10.0 Å². The molecule has 0 aromatic heterocycles. The Hall–Kier alpha value is -2.17. The summed E-state index contributed by atoms with van der Waals surface area (Å²) < 4.78 is 29.3. The van der Waals surface area contributed by atoms with Gasteiger partial charge in [-0.2, -0.15) is 17.0 Å². The number of anilines is 1. The summed E-state index contributed by atoms with van der Waals surface area (Å²) in [5, 5.41) is 9.67. The second-order valence-corrected chi connectivity index (χ2v) is 9.37. The highest BCUT2D eigenvalue weighted by Crippen LogP contribution is 2.23. The molecule has 30 heavy (non-hydrogen) atoms. The lowest BCUT2D eigenvalue weighted by molar-refractivity contribution is -0.132. The Morgan fingerprint density at radius 1 is 1.10 bits per heavy atom. The molecule has 162 valence electrons. The monoisotopic (exact) mass is 452 g/mol. The van der Waals surface area contributed by atoms with Crippen LogP contribution in [0.25, 0.3) is 0 Å². The van der Waals surface area contributed by atoms with E-state index in [1.54, 1.807) is 29.7 Å². The molecule has 1 fully saturated rings. The Morgan fingerprint density at radius 2 is 1.70 bits per heavy atom. The Morgan fingerprint density at radius 3 is 2.27 bits per heavy atom. The predicted octanol–water partition coefficient (Wildman–Crippen LogP) is 2.10. The van der Waals surface area contributed by atoms with Crippen molar-refractivity contribution in [2.75, 3.05) is 31.1 Å². The SMILES string of the molecule is CC(C(=O)NO)N(Cc1ccccc1)S(=O)(=O)N1CCN(c2ccc(Cl)cc2)CC1. The Kier molecular flexibility index (Phi) is 7.32. The van der Waals surface area contributed by atoms with E-state index in [-0.39, 0.29) is 19.6 Å². The molecular weight excluding hydrogens is 428 g/mol. The molecule has 1 heterocycles. The third-order valence-electron chi connectivity index (χ3n) is 5.16. The molecule has 0 bridgehead atoms. The molecule has 10 heteroatoms. The Balaban J connectivity index is 1.77. The largest absolute Gasteiger partial charge is 0.369 e. The van der Waals surface area contributed by atoms with Crippen LogP contribution in [-0.2, 0) is 21.5 Å². The third-order valence-corrected chi connectivity index (χ3v) is 7.46. The fourth-order valence-electron chi connectivity index (χ4n) is 3.38.